The second-order valence-corrected chi connectivity index (χ2v) is 8.02. The first kappa shape index (κ1) is 19.3. The fourth-order valence-corrected chi connectivity index (χ4v) is 4.41. The number of carboxylic acids is 1. The van der Waals surface area contributed by atoms with Crippen LogP contribution in [0, 0.1) is 6.92 Å². The van der Waals surface area contributed by atoms with E-state index >= 15 is 0 Å². The molecule has 6 nitrogen and oxygen atoms in total. The average molecular weight is 413 g/mol. The van der Waals surface area contributed by atoms with Gasteiger partial charge in [-0.2, -0.15) is 0 Å². The van der Waals surface area contributed by atoms with Gasteiger partial charge in [-0.05, 0) is 55.5 Å². The Hall–Kier alpha value is -3.67. The lowest BCUT2D eigenvalue weighted by Crippen LogP contribution is -2.18. The first-order valence-corrected chi connectivity index (χ1v) is 10.5. The molecule has 0 unspecified atom stereocenters. The molecule has 0 saturated carbocycles. The number of hydrogen-bond acceptors (Lipinski definition) is 5. The van der Waals surface area contributed by atoms with Crippen LogP contribution in [-0.4, -0.2) is 21.0 Å². The molecule has 0 spiro atoms. The number of aryl methyl sites for hydroxylation is 2. The molecular formula is C25H23N3O3. The Kier molecular flexibility index (Phi) is 4.90. The highest BCUT2D eigenvalue weighted by Gasteiger charge is 2.20. The van der Waals surface area contributed by atoms with E-state index in [0.717, 1.165) is 41.7 Å². The highest BCUT2D eigenvalue weighted by Crippen LogP contribution is 2.33. The van der Waals surface area contributed by atoms with E-state index in [1.807, 2.05) is 31.2 Å². The lowest BCUT2D eigenvalue weighted by Gasteiger charge is -2.27. The largest absolute Gasteiger partial charge is 0.481 e. The Labute approximate surface area is 180 Å². The van der Waals surface area contributed by atoms with Crippen molar-refractivity contribution in [2.24, 2.45) is 0 Å². The zero-order valence-electron chi connectivity index (χ0n) is 17.3. The van der Waals surface area contributed by atoms with Crippen molar-refractivity contribution in [2.75, 3.05) is 5.32 Å². The Balaban J connectivity index is 1.49. The number of nitrogens with zero attached hydrogens (tertiary/aromatic N) is 2. The smallest absolute Gasteiger partial charge is 0.307 e. The number of aromatic nitrogens is 2. The number of hydrogen-bond donors (Lipinski definition) is 2. The summed E-state index contributed by atoms with van der Waals surface area (Å²) in [6, 6.07) is 16.5. The Bertz CT molecular complexity index is 1280. The van der Waals surface area contributed by atoms with Crippen LogP contribution in [-0.2, 0) is 17.6 Å². The highest BCUT2D eigenvalue weighted by molar-refractivity contribution is 5.88. The normalized spacial score (nSPS) is 15.6. The predicted octanol–water partition coefficient (Wildman–Crippen LogP) is 5.31. The number of fused-ring (bicyclic) bond motifs is 2. The van der Waals surface area contributed by atoms with Crippen LogP contribution in [0.4, 0.5) is 5.82 Å². The van der Waals surface area contributed by atoms with E-state index in [1.165, 1.54) is 17.4 Å². The minimum Gasteiger partial charge on any atom is -0.481 e. The number of anilines is 1. The molecule has 2 aromatic carbocycles. The summed E-state index contributed by atoms with van der Waals surface area (Å²) in [5, 5.41) is 13.6. The lowest BCUT2D eigenvalue weighted by atomic mass is 9.88. The van der Waals surface area contributed by atoms with Gasteiger partial charge < -0.3 is 14.8 Å². The highest BCUT2D eigenvalue weighted by atomic mass is 16.4. The Morgan fingerprint density at radius 1 is 1.19 bits per heavy atom. The van der Waals surface area contributed by atoms with E-state index < -0.39 is 5.97 Å². The summed E-state index contributed by atoms with van der Waals surface area (Å²) in [5.74, 6) is 0.592. The van der Waals surface area contributed by atoms with Crippen molar-refractivity contribution in [3.63, 3.8) is 0 Å². The minimum atomic E-state index is -0.884. The molecule has 156 valence electrons. The third kappa shape index (κ3) is 3.89. The molecule has 2 N–H and O–H groups in total. The van der Waals surface area contributed by atoms with Gasteiger partial charge in [0.15, 0.2) is 0 Å². The molecule has 31 heavy (non-hydrogen) atoms. The number of nitrogens with one attached hydrogen (secondary N) is 1. The van der Waals surface area contributed by atoms with Crippen molar-refractivity contribution < 1.29 is 14.3 Å². The van der Waals surface area contributed by atoms with Gasteiger partial charge in [-0.3, -0.25) is 4.79 Å². The third-order valence-corrected chi connectivity index (χ3v) is 5.82. The summed E-state index contributed by atoms with van der Waals surface area (Å²) in [5.41, 5.74) is 5.76. The zero-order valence-corrected chi connectivity index (χ0v) is 17.3. The van der Waals surface area contributed by atoms with Crippen molar-refractivity contribution in [3.8, 4) is 11.3 Å². The number of furan rings is 1. The summed E-state index contributed by atoms with van der Waals surface area (Å²) in [6.45, 7) is 1.88. The number of benzene rings is 2. The first-order valence-electron chi connectivity index (χ1n) is 10.5. The summed E-state index contributed by atoms with van der Waals surface area (Å²) in [7, 11) is 0. The van der Waals surface area contributed by atoms with E-state index in [1.54, 1.807) is 0 Å². The van der Waals surface area contributed by atoms with Crippen LogP contribution in [0.2, 0.25) is 0 Å². The van der Waals surface area contributed by atoms with Crippen LogP contribution < -0.4 is 5.32 Å². The first-order chi connectivity index (χ1) is 15.1. The molecule has 0 fully saturated rings. The lowest BCUT2D eigenvalue weighted by molar-refractivity contribution is -0.136. The molecule has 0 saturated heterocycles. The fourth-order valence-electron chi connectivity index (χ4n) is 4.41. The van der Waals surface area contributed by atoms with Crippen LogP contribution in [0.15, 0.2) is 59.2 Å². The quantitative estimate of drug-likeness (QED) is 0.461. The van der Waals surface area contributed by atoms with Crippen molar-refractivity contribution >= 4 is 22.8 Å². The second-order valence-electron chi connectivity index (χ2n) is 8.02. The molecule has 0 bridgehead atoms. The van der Waals surface area contributed by atoms with Crippen LogP contribution in [0.3, 0.4) is 0 Å². The van der Waals surface area contributed by atoms with Gasteiger partial charge in [0.2, 0.25) is 0 Å². The standard InChI is InChI=1S/C25H23N3O3/c1-15-26-22(17-9-10-23-20(11-17)18(14-31-23)12-25(29)30)13-24(27-15)28-21-8-4-6-16-5-2-3-7-19(16)21/h2-3,5,7,9-11,13-14,21H,4,6,8,12H2,1H3,(H,29,30)(H,26,27,28)/t21-/m1/s1. The summed E-state index contributed by atoms with van der Waals surface area (Å²) in [4.78, 5) is 20.4. The molecule has 0 amide bonds. The van der Waals surface area contributed by atoms with E-state index in [4.69, 9.17) is 9.52 Å². The number of carboxylic acid groups (broad SMARTS) is 1. The second kappa shape index (κ2) is 7.87. The van der Waals surface area contributed by atoms with Crippen LogP contribution in [0.5, 0.6) is 0 Å². The number of rotatable bonds is 5. The summed E-state index contributed by atoms with van der Waals surface area (Å²) < 4.78 is 5.51. The van der Waals surface area contributed by atoms with Gasteiger partial charge >= 0.3 is 5.97 Å². The van der Waals surface area contributed by atoms with Crippen molar-refractivity contribution in [1.29, 1.82) is 0 Å². The molecule has 2 heterocycles. The van der Waals surface area contributed by atoms with Gasteiger partial charge in [0, 0.05) is 22.6 Å². The van der Waals surface area contributed by atoms with Crippen molar-refractivity contribution in [3.05, 3.63) is 77.3 Å². The van der Waals surface area contributed by atoms with Crippen LogP contribution in [0.25, 0.3) is 22.2 Å². The molecule has 1 aliphatic carbocycles. The van der Waals surface area contributed by atoms with Gasteiger partial charge in [0.05, 0.1) is 24.4 Å². The molecule has 1 atom stereocenters. The number of aliphatic carboxylic acids is 1. The Morgan fingerprint density at radius 2 is 2.06 bits per heavy atom. The fraction of sp³-hybridized carbons (Fsp3) is 0.240. The summed E-state index contributed by atoms with van der Waals surface area (Å²) >= 11 is 0. The number of carbonyl (C=O) groups is 1. The maximum absolute atomic E-state index is 11.2. The topological polar surface area (TPSA) is 88.2 Å². The third-order valence-electron chi connectivity index (χ3n) is 5.82. The maximum Gasteiger partial charge on any atom is 0.307 e. The zero-order chi connectivity index (χ0) is 21.4. The van der Waals surface area contributed by atoms with Gasteiger partial charge in [0.1, 0.15) is 17.2 Å². The Morgan fingerprint density at radius 3 is 2.94 bits per heavy atom. The molecule has 1 aliphatic rings. The maximum atomic E-state index is 11.2. The molecule has 6 heteroatoms. The van der Waals surface area contributed by atoms with E-state index in [0.29, 0.717) is 17.0 Å². The van der Waals surface area contributed by atoms with Crippen molar-refractivity contribution in [1.82, 2.24) is 9.97 Å². The van der Waals surface area contributed by atoms with Gasteiger partial charge in [-0.15, -0.1) is 0 Å². The molecule has 2 aromatic heterocycles. The molecular weight excluding hydrogens is 390 g/mol. The molecule has 5 rings (SSSR count). The van der Waals surface area contributed by atoms with Crippen molar-refractivity contribution in [2.45, 2.75) is 38.6 Å². The van der Waals surface area contributed by atoms with Gasteiger partial charge in [-0.25, -0.2) is 9.97 Å². The monoisotopic (exact) mass is 413 g/mol. The minimum absolute atomic E-state index is 0.0762. The predicted molar refractivity (Wildman–Crippen MR) is 119 cm³/mol. The molecule has 4 aromatic rings. The van der Waals surface area contributed by atoms with Crippen LogP contribution in [0.1, 0.15) is 41.4 Å². The molecule has 0 radical (unpaired) electrons. The van der Waals surface area contributed by atoms with E-state index in [9.17, 15) is 4.79 Å². The summed E-state index contributed by atoms with van der Waals surface area (Å²) in [6.07, 6.45) is 4.77. The van der Waals surface area contributed by atoms with Gasteiger partial charge in [0.25, 0.3) is 0 Å². The van der Waals surface area contributed by atoms with E-state index in [2.05, 4.69) is 39.6 Å². The van der Waals surface area contributed by atoms with Crippen LogP contribution >= 0.6 is 0 Å². The average Bonchev–Trinajstić information content (AvgIpc) is 3.15. The SMILES string of the molecule is Cc1nc(N[C@@H]2CCCc3ccccc32)cc(-c2ccc3occ(CC(=O)O)c3c2)n1. The molecule has 0 aliphatic heterocycles. The van der Waals surface area contributed by atoms with Gasteiger partial charge in [-0.1, -0.05) is 24.3 Å². The van der Waals surface area contributed by atoms with E-state index in [-0.39, 0.29) is 12.5 Å².